The van der Waals surface area contributed by atoms with Crippen LogP contribution in [0.2, 0.25) is 0 Å². The van der Waals surface area contributed by atoms with Crippen LogP contribution in [-0.2, 0) is 4.74 Å². The van der Waals surface area contributed by atoms with E-state index in [2.05, 4.69) is 16.8 Å². The van der Waals surface area contributed by atoms with E-state index in [0.29, 0.717) is 0 Å². The number of pyridine rings is 1. The maximum atomic E-state index is 5.90. The van der Waals surface area contributed by atoms with Crippen LogP contribution in [0, 0.1) is 0 Å². The number of nitrogen functional groups attached to an aromatic ring is 1. The molecule has 0 aromatic carbocycles. The molecule has 4 nitrogen and oxygen atoms in total. The van der Waals surface area contributed by atoms with Crippen molar-refractivity contribution in [3.8, 4) is 0 Å². The first-order chi connectivity index (χ1) is 7.27. The van der Waals surface area contributed by atoms with Gasteiger partial charge in [0.15, 0.2) is 5.82 Å². The molecule has 1 atom stereocenters. The minimum absolute atomic E-state index is 0.244. The molecule has 1 fully saturated rings. The summed E-state index contributed by atoms with van der Waals surface area (Å²) in [4.78, 5) is 6.52. The highest BCUT2D eigenvalue weighted by atomic mass is 16.5. The van der Waals surface area contributed by atoms with Crippen LogP contribution in [0.25, 0.3) is 0 Å². The largest absolute Gasteiger partial charge is 0.396 e. The van der Waals surface area contributed by atoms with Crippen LogP contribution in [0.4, 0.5) is 11.5 Å². The number of ether oxygens (including phenoxy) is 1. The fourth-order valence-electron chi connectivity index (χ4n) is 1.86. The number of hydrogen-bond donors (Lipinski definition) is 1. The molecule has 2 N–H and O–H groups in total. The SMILES string of the molecule is CC1CN(c2ncccc2N)CCCO1. The van der Waals surface area contributed by atoms with Gasteiger partial charge in [-0.05, 0) is 25.5 Å². The summed E-state index contributed by atoms with van der Waals surface area (Å²) in [5.41, 5.74) is 6.65. The van der Waals surface area contributed by atoms with Gasteiger partial charge in [0, 0.05) is 25.9 Å². The topological polar surface area (TPSA) is 51.4 Å². The number of rotatable bonds is 1. The molecule has 1 saturated heterocycles. The molecule has 0 bridgehead atoms. The van der Waals surface area contributed by atoms with Crippen molar-refractivity contribution in [2.45, 2.75) is 19.4 Å². The molecule has 0 aliphatic carbocycles. The quantitative estimate of drug-likeness (QED) is 0.753. The Labute approximate surface area is 90.0 Å². The first-order valence-electron chi connectivity index (χ1n) is 5.34. The molecule has 1 aliphatic heterocycles. The highest BCUT2D eigenvalue weighted by molar-refractivity contribution is 5.62. The van der Waals surface area contributed by atoms with Gasteiger partial charge in [0.25, 0.3) is 0 Å². The van der Waals surface area contributed by atoms with Gasteiger partial charge in [0.05, 0.1) is 11.8 Å². The second-order valence-corrected chi connectivity index (χ2v) is 3.90. The summed E-state index contributed by atoms with van der Waals surface area (Å²) >= 11 is 0. The lowest BCUT2D eigenvalue weighted by Gasteiger charge is -2.24. The van der Waals surface area contributed by atoms with Crippen molar-refractivity contribution in [3.63, 3.8) is 0 Å². The number of anilines is 2. The van der Waals surface area contributed by atoms with Gasteiger partial charge in [-0.25, -0.2) is 4.98 Å². The Kier molecular flexibility index (Phi) is 3.06. The summed E-state index contributed by atoms with van der Waals surface area (Å²) in [5, 5.41) is 0. The van der Waals surface area contributed by atoms with Crippen LogP contribution >= 0.6 is 0 Å². The predicted molar refractivity (Wildman–Crippen MR) is 60.9 cm³/mol. The van der Waals surface area contributed by atoms with E-state index in [9.17, 15) is 0 Å². The maximum absolute atomic E-state index is 5.90. The monoisotopic (exact) mass is 207 g/mol. The van der Waals surface area contributed by atoms with Gasteiger partial charge in [-0.3, -0.25) is 0 Å². The average Bonchev–Trinajstić information content (AvgIpc) is 2.43. The normalized spacial score (nSPS) is 22.5. The lowest BCUT2D eigenvalue weighted by atomic mass is 10.3. The fourth-order valence-corrected chi connectivity index (χ4v) is 1.86. The molecule has 1 unspecified atom stereocenters. The Bertz CT molecular complexity index is 329. The Morgan fingerprint density at radius 2 is 2.47 bits per heavy atom. The van der Waals surface area contributed by atoms with Crippen molar-refractivity contribution in [1.29, 1.82) is 0 Å². The van der Waals surface area contributed by atoms with E-state index in [4.69, 9.17) is 10.5 Å². The summed E-state index contributed by atoms with van der Waals surface area (Å²) in [5.74, 6) is 0.884. The van der Waals surface area contributed by atoms with Gasteiger partial charge in [-0.2, -0.15) is 0 Å². The molecule has 2 rings (SSSR count). The molecule has 1 aliphatic rings. The Morgan fingerprint density at radius 1 is 1.60 bits per heavy atom. The molecule has 0 saturated carbocycles. The Balaban J connectivity index is 2.18. The van der Waals surface area contributed by atoms with Crippen molar-refractivity contribution in [2.75, 3.05) is 30.3 Å². The number of nitrogens with zero attached hydrogens (tertiary/aromatic N) is 2. The van der Waals surface area contributed by atoms with E-state index < -0.39 is 0 Å². The zero-order valence-corrected chi connectivity index (χ0v) is 9.02. The first-order valence-corrected chi connectivity index (χ1v) is 5.34. The molecular formula is C11H17N3O. The standard InChI is InChI=1S/C11H17N3O/c1-9-8-14(6-3-7-15-9)11-10(12)4-2-5-13-11/h2,4-5,9H,3,6-8,12H2,1H3. The third-order valence-electron chi connectivity index (χ3n) is 2.57. The molecule has 0 amide bonds. The van der Waals surface area contributed by atoms with Gasteiger partial charge >= 0.3 is 0 Å². The van der Waals surface area contributed by atoms with Crippen molar-refractivity contribution in [1.82, 2.24) is 4.98 Å². The highest BCUT2D eigenvalue weighted by Gasteiger charge is 2.17. The molecular weight excluding hydrogens is 190 g/mol. The molecule has 1 aromatic heterocycles. The van der Waals surface area contributed by atoms with E-state index in [1.165, 1.54) is 0 Å². The summed E-state index contributed by atoms with van der Waals surface area (Å²) in [7, 11) is 0. The van der Waals surface area contributed by atoms with Crippen molar-refractivity contribution in [3.05, 3.63) is 18.3 Å². The lowest BCUT2D eigenvalue weighted by Crippen LogP contribution is -2.31. The van der Waals surface area contributed by atoms with Crippen molar-refractivity contribution in [2.24, 2.45) is 0 Å². The first kappa shape index (κ1) is 10.2. The Morgan fingerprint density at radius 3 is 3.27 bits per heavy atom. The van der Waals surface area contributed by atoms with Crippen LogP contribution in [-0.4, -0.2) is 30.8 Å². The fraction of sp³-hybridized carbons (Fsp3) is 0.545. The molecule has 2 heterocycles. The summed E-state index contributed by atoms with van der Waals surface area (Å²) in [6.07, 6.45) is 3.05. The van der Waals surface area contributed by atoms with Gasteiger partial charge in [0.1, 0.15) is 0 Å². The lowest BCUT2D eigenvalue weighted by molar-refractivity contribution is 0.0820. The molecule has 15 heavy (non-hydrogen) atoms. The van der Waals surface area contributed by atoms with E-state index in [-0.39, 0.29) is 6.10 Å². The van der Waals surface area contributed by atoms with Gasteiger partial charge in [-0.15, -0.1) is 0 Å². The smallest absolute Gasteiger partial charge is 0.151 e. The van der Waals surface area contributed by atoms with Crippen LogP contribution < -0.4 is 10.6 Å². The zero-order valence-electron chi connectivity index (χ0n) is 9.02. The van der Waals surface area contributed by atoms with Gasteiger partial charge in [0.2, 0.25) is 0 Å². The Hall–Kier alpha value is -1.29. The third kappa shape index (κ3) is 2.39. The highest BCUT2D eigenvalue weighted by Crippen LogP contribution is 2.21. The van der Waals surface area contributed by atoms with Crippen LogP contribution in [0.5, 0.6) is 0 Å². The van der Waals surface area contributed by atoms with Gasteiger partial charge in [-0.1, -0.05) is 0 Å². The molecule has 82 valence electrons. The number of nitrogens with two attached hydrogens (primary N) is 1. The van der Waals surface area contributed by atoms with Crippen molar-refractivity contribution >= 4 is 11.5 Å². The average molecular weight is 207 g/mol. The van der Waals surface area contributed by atoms with E-state index in [1.807, 2.05) is 12.1 Å². The summed E-state index contributed by atoms with van der Waals surface area (Å²) in [6, 6.07) is 3.75. The number of hydrogen-bond acceptors (Lipinski definition) is 4. The van der Waals surface area contributed by atoms with Crippen LogP contribution in [0.1, 0.15) is 13.3 Å². The second-order valence-electron chi connectivity index (χ2n) is 3.90. The zero-order chi connectivity index (χ0) is 10.7. The molecule has 0 radical (unpaired) electrons. The summed E-state index contributed by atoms with van der Waals surface area (Å²) in [6.45, 7) is 4.73. The van der Waals surface area contributed by atoms with Gasteiger partial charge < -0.3 is 15.4 Å². The number of aromatic nitrogens is 1. The summed E-state index contributed by atoms with van der Waals surface area (Å²) < 4.78 is 5.58. The van der Waals surface area contributed by atoms with Crippen LogP contribution in [0.3, 0.4) is 0 Å². The maximum Gasteiger partial charge on any atom is 0.151 e. The minimum Gasteiger partial charge on any atom is -0.396 e. The molecule has 4 heteroatoms. The van der Waals surface area contributed by atoms with E-state index >= 15 is 0 Å². The molecule has 0 spiro atoms. The third-order valence-corrected chi connectivity index (χ3v) is 2.57. The van der Waals surface area contributed by atoms with Crippen molar-refractivity contribution < 1.29 is 4.74 Å². The molecule has 1 aromatic rings. The van der Waals surface area contributed by atoms with E-state index in [0.717, 1.165) is 37.6 Å². The second kappa shape index (κ2) is 4.49. The minimum atomic E-state index is 0.244. The van der Waals surface area contributed by atoms with Crippen LogP contribution in [0.15, 0.2) is 18.3 Å². The van der Waals surface area contributed by atoms with E-state index in [1.54, 1.807) is 6.20 Å². The predicted octanol–water partition coefficient (Wildman–Crippen LogP) is 1.28.